The quantitative estimate of drug-likeness (QED) is 0.143. The highest BCUT2D eigenvalue weighted by atomic mass is 15.0. The summed E-state index contributed by atoms with van der Waals surface area (Å²) in [5, 5.41) is 11.1. The summed E-state index contributed by atoms with van der Waals surface area (Å²) < 4.78 is 0. The monoisotopic (exact) mass is 793 g/mol. The molecule has 0 N–H and O–H groups in total. The average Bonchev–Trinajstić information content (AvgIpc) is 3.37. The second-order valence-electron chi connectivity index (χ2n) is 14.6. The van der Waals surface area contributed by atoms with Crippen LogP contribution in [0.5, 0.6) is 0 Å². The first-order chi connectivity index (χ1) is 30.7. The number of nitrogens with zero attached hydrogens (tertiary/aromatic N) is 7. The van der Waals surface area contributed by atoms with E-state index in [1.807, 2.05) is 194 Å². The highest BCUT2D eigenvalue weighted by Gasteiger charge is 2.22. The molecule has 0 unspecified atom stereocenters. The van der Waals surface area contributed by atoms with Crippen molar-refractivity contribution in [2.45, 2.75) is 0 Å². The van der Waals surface area contributed by atoms with E-state index in [-0.39, 0.29) is 0 Å². The Morgan fingerprint density at radius 1 is 0.226 bits per heavy atom. The molecule has 2 aromatic heterocycles. The van der Waals surface area contributed by atoms with Crippen LogP contribution in [0.1, 0.15) is 5.56 Å². The number of benzene rings is 8. The largest absolute Gasteiger partial charge is 0.208 e. The summed E-state index contributed by atoms with van der Waals surface area (Å²) in [4.78, 5) is 30.1. The zero-order valence-corrected chi connectivity index (χ0v) is 33.3. The first-order valence-corrected chi connectivity index (χ1v) is 20.3. The van der Waals surface area contributed by atoms with Gasteiger partial charge < -0.3 is 0 Å². The number of hydrogen-bond acceptors (Lipinski definition) is 7. The van der Waals surface area contributed by atoms with E-state index in [9.17, 15) is 5.26 Å². The van der Waals surface area contributed by atoms with Gasteiger partial charge in [0.2, 0.25) is 0 Å². The van der Waals surface area contributed by atoms with Crippen molar-refractivity contribution in [1.29, 1.82) is 5.26 Å². The maximum Gasteiger partial charge on any atom is 0.164 e. The van der Waals surface area contributed by atoms with Crippen LogP contribution in [-0.4, -0.2) is 29.9 Å². The van der Waals surface area contributed by atoms with E-state index in [0.29, 0.717) is 40.5 Å². The van der Waals surface area contributed by atoms with Crippen molar-refractivity contribution in [3.8, 4) is 108 Å². The van der Waals surface area contributed by atoms with Crippen molar-refractivity contribution in [3.63, 3.8) is 0 Å². The fourth-order valence-electron chi connectivity index (χ4n) is 7.76. The predicted molar refractivity (Wildman–Crippen MR) is 247 cm³/mol. The minimum atomic E-state index is 0.513. The zero-order valence-electron chi connectivity index (χ0n) is 33.3. The summed E-state index contributed by atoms with van der Waals surface area (Å²) in [5.41, 5.74) is 10.9. The third kappa shape index (κ3) is 7.41. The van der Waals surface area contributed by atoms with E-state index in [4.69, 9.17) is 29.9 Å². The fraction of sp³-hybridized carbons (Fsp3) is 0. The maximum atomic E-state index is 11.1. The van der Waals surface area contributed by atoms with Crippen molar-refractivity contribution >= 4 is 0 Å². The standard InChI is InChI=1S/C55H35N7/c56-36-49-45(34-19-35-46(49)44-31-16-18-33-48(44)55-61-52(39-24-9-3-10-25-39)58-53(62-55)40-26-11-4-12-27-40)42-29-14-13-28-41(42)43-30-15-17-32-47(43)54-59-50(37-20-5-1-6-21-37)57-51(60-54)38-22-7-2-8-23-38/h1-35H. The van der Waals surface area contributed by atoms with Gasteiger partial charge in [0.25, 0.3) is 0 Å². The molecule has 8 aromatic carbocycles. The van der Waals surface area contributed by atoms with Gasteiger partial charge in [0.1, 0.15) is 6.07 Å². The molecule has 0 spiro atoms. The number of nitriles is 1. The minimum Gasteiger partial charge on any atom is -0.208 e. The molecule has 0 aliphatic rings. The highest BCUT2D eigenvalue weighted by molar-refractivity contribution is 5.95. The lowest BCUT2D eigenvalue weighted by Crippen LogP contribution is -2.02. The molecule has 7 nitrogen and oxygen atoms in total. The lowest BCUT2D eigenvalue weighted by molar-refractivity contribution is 1.07. The first kappa shape index (κ1) is 37.5. The lowest BCUT2D eigenvalue weighted by Gasteiger charge is -2.18. The van der Waals surface area contributed by atoms with E-state index < -0.39 is 0 Å². The summed E-state index contributed by atoms with van der Waals surface area (Å²) in [6.45, 7) is 0. The highest BCUT2D eigenvalue weighted by Crippen LogP contribution is 2.42. The van der Waals surface area contributed by atoms with E-state index in [2.05, 4.69) is 24.3 Å². The molecule has 62 heavy (non-hydrogen) atoms. The Balaban J connectivity index is 1.12. The molecular weight excluding hydrogens is 759 g/mol. The molecule has 290 valence electrons. The fourth-order valence-corrected chi connectivity index (χ4v) is 7.76. The molecule has 10 rings (SSSR count). The van der Waals surface area contributed by atoms with Gasteiger partial charge in [-0.15, -0.1) is 0 Å². The summed E-state index contributed by atoms with van der Waals surface area (Å²) in [5.74, 6) is 3.36. The van der Waals surface area contributed by atoms with Crippen LogP contribution >= 0.6 is 0 Å². The summed E-state index contributed by atoms with van der Waals surface area (Å²) >= 11 is 0. The van der Waals surface area contributed by atoms with Gasteiger partial charge in [0, 0.05) is 44.5 Å². The van der Waals surface area contributed by atoms with Crippen molar-refractivity contribution in [3.05, 3.63) is 218 Å². The van der Waals surface area contributed by atoms with Crippen molar-refractivity contribution in [2.24, 2.45) is 0 Å². The second-order valence-corrected chi connectivity index (χ2v) is 14.6. The smallest absolute Gasteiger partial charge is 0.164 e. The van der Waals surface area contributed by atoms with E-state index >= 15 is 0 Å². The molecule has 0 bridgehead atoms. The second kappa shape index (κ2) is 16.9. The summed E-state index contributed by atoms with van der Waals surface area (Å²) in [6.07, 6.45) is 0. The normalized spacial score (nSPS) is 10.9. The van der Waals surface area contributed by atoms with Gasteiger partial charge in [-0.25, -0.2) is 29.9 Å². The van der Waals surface area contributed by atoms with E-state index in [1.54, 1.807) is 0 Å². The Hall–Kier alpha value is -8.73. The SMILES string of the molecule is N#Cc1c(-c2ccccc2-c2nc(-c3ccccc3)nc(-c3ccccc3)n2)cccc1-c1ccccc1-c1ccccc1-c1nc(-c2ccccc2)nc(-c2ccccc2)n1. The topological polar surface area (TPSA) is 101 Å². The van der Waals surface area contributed by atoms with Gasteiger partial charge >= 0.3 is 0 Å². The molecule has 10 aromatic rings. The van der Waals surface area contributed by atoms with E-state index in [1.165, 1.54) is 0 Å². The molecule has 0 aliphatic heterocycles. The molecule has 0 aliphatic carbocycles. The van der Waals surface area contributed by atoms with Crippen LogP contribution in [0.2, 0.25) is 0 Å². The number of aromatic nitrogens is 6. The number of rotatable bonds is 9. The van der Waals surface area contributed by atoms with Crippen LogP contribution in [0.25, 0.3) is 102 Å². The van der Waals surface area contributed by atoms with Crippen LogP contribution < -0.4 is 0 Å². The summed E-state index contributed by atoms with van der Waals surface area (Å²) in [7, 11) is 0. The predicted octanol–water partition coefficient (Wildman–Crippen LogP) is 12.9. The minimum absolute atomic E-state index is 0.513. The van der Waals surface area contributed by atoms with Gasteiger partial charge in [0.15, 0.2) is 34.9 Å². The zero-order chi connectivity index (χ0) is 41.7. The van der Waals surface area contributed by atoms with Crippen LogP contribution in [0.3, 0.4) is 0 Å². The molecule has 7 heteroatoms. The Labute approximate surface area is 359 Å². The lowest BCUT2D eigenvalue weighted by atomic mass is 9.86. The Morgan fingerprint density at radius 2 is 0.452 bits per heavy atom. The van der Waals surface area contributed by atoms with E-state index in [0.717, 1.165) is 66.8 Å². The van der Waals surface area contributed by atoms with Crippen LogP contribution in [0, 0.1) is 11.3 Å². The maximum absolute atomic E-state index is 11.1. The number of hydrogen-bond donors (Lipinski definition) is 0. The van der Waals surface area contributed by atoms with Crippen LogP contribution in [0.4, 0.5) is 0 Å². The third-order valence-electron chi connectivity index (χ3n) is 10.7. The average molecular weight is 794 g/mol. The molecule has 0 fully saturated rings. The molecule has 0 radical (unpaired) electrons. The molecule has 0 atom stereocenters. The van der Waals surface area contributed by atoms with Gasteiger partial charge in [-0.3, -0.25) is 0 Å². The third-order valence-corrected chi connectivity index (χ3v) is 10.7. The summed E-state index contributed by atoms with van der Waals surface area (Å²) in [6, 6.07) is 72.7. The molecular formula is C55H35N7. The molecule has 0 amide bonds. The van der Waals surface area contributed by atoms with Gasteiger partial charge in [0.05, 0.1) is 5.56 Å². The van der Waals surface area contributed by atoms with Crippen molar-refractivity contribution in [1.82, 2.24) is 29.9 Å². The van der Waals surface area contributed by atoms with Gasteiger partial charge in [-0.1, -0.05) is 212 Å². The van der Waals surface area contributed by atoms with Crippen molar-refractivity contribution < 1.29 is 0 Å². The van der Waals surface area contributed by atoms with Crippen LogP contribution in [-0.2, 0) is 0 Å². The molecule has 0 saturated heterocycles. The molecule has 0 saturated carbocycles. The first-order valence-electron chi connectivity index (χ1n) is 20.3. The Kier molecular flexibility index (Phi) is 10.2. The Morgan fingerprint density at radius 3 is 0.774 bits per heavy atom. The van der Waals surface area contributed by atoms with Crippen LogP contribution in [0.15, 0.2) is 212 Å². The van der Waals surface area contributed by atoms with Crippen molar-refractivity contribution in [2.75, 3.05) is 0 Å². The Bertz CT molecular complexity index is 3120. The van der Waals surface area contributed by atoms with Gasteiger partial charge in [-0.2, -0.15) is 5.26 Å². The molecule has 2 heterocycles. The van der Waals surface area contributed by atoms with Gasteiger partial charge in [-0.05, 0) is 22.3 Å².